The van der Waals surface area contributed by atoms with Crippen LogP contribution in [0.2, 0.25) is 0 Å². The monoisotopic (exact) mass is 219 g/mol. The summed E-state index contributed by atoms with van der Waals surface area (Å²) in [5.74, 6) is -1.30. The molecule has 0 aliphatic rings. The topological polar surface area (TPSA) is 107 Å². The Morgan fingerprint density at radius 3 is 2.81 bits per heavy atom. The van der Waals surface area contributed by atoms with Gasteiger partial charge in [-0.15, -0.1) is 0 Å². The number of nitrogen functional groups attached to an aromatic ring is 1. The van der Waals surface area contributed by atoms with Crippen LogP contribution in [0.15, 0.2) is 18.7 Å². The molecule has 0 bridgehead atoms. The SMILES string of the molecule is Cn1cncc1-c1cnc(N)c(C(=O)O)n1. The first-order valence-electron chi connectivity index (χ1n) is 4.42. The minimum absolute atomic E-state index is 0.0987. The summed E-state index contributed by atoms with van der Waals surface area (Å²) in [6.45, 7) is 0. The number of aromatic nitrogens is 4. The second-order valence-corrected chi connectivity index (χ2v) is 3.18. The van der Waals surface area contributed by atoms with Crippen LogP contribution >= 0.6 is 0 Å². The lowest BCUT2D eigenvalue weighted by Gasteiger charge is -2.03. The number of aryl methyl sites for hydroxylation is 1. The summed E-state index contributed by atoms with van der Waals surface area (Å²) in [7, 11) is 1.78. The Kier molecular flexibility index (Phi) is 2.28. The lowest BCUT2D eigenvalue weighted by atomic mass is 10.3. The second-order valence-electron chi connectivity index (χ2n) is 3.18. The molecule has 0 amide bonds. The zero-order valence-electron chi connectivity index (χ0n) is 8.45. The van der Waals surface area contributed by atoms with Crippen LogP contribution < -0.4 is 5.73 Å². The number of carboxylic acids is 1. The summed E-state index contributed by atoms with van der Waals surface area (Å²) in [5, 5.41) is 8.85. The number of nitrogens with zero attached hydrogens (tertiary/aromatic N) is 4. The maximum absolute atomic E-state index is 10.8. The van der Waals surface area contributed by atoms with Gasteiger partial charge in [0.15, 0.2) is 11.5 Å². The van der Waals surface area contributed by atoms with Crippen molar-refractivity contribution in [2.24, 2.45) is 7.05 Å². The molecule has 0 aromatic carbocycles. The largest absolute Gasteiger partial charge is 0.476 e. The Labute approximate surface area is 90.6 Å². The van der Waals surface area contributed by atoms with Gasteiger partial charge in [-0.1, -0.05) is 0 Å². The number of aromatic carboxylic acids is 1. The Hall–Kier alpha value is -2.44. The number of carboxylic acid groups (broad SMARTS) is 1. The summed E-state index contributed by atoms with van der Waals surface area (Å²) >= 11 is 0. The minimum Gasteiger partial charge on any atom is -0.476 e. The first kappa shape index (κ1) is 10.1. The molecule has 0 saturated carbocycles. The molecule has 82 valence electrons. The highest BCUT2D eigenvalue weighted by Crippen LogP contribution is 2.16. The molecule has 0 spiro atoms. The number of anilines is 1. The second kappa shape index (κ2) is 3.61. The van der Waals surface area contributed by atoms with Crippen LogP contribution in [-0.4, -0.2) is 30.6 Å². The molecule has 0 aliphatic heterocycles. The van der Waals surface area contributed by atoms with Gasteiger partial charge in [-0.05, 0) is 0 Å². The van der Waals surface area contributed by atoms with Crippen molar-refractivity contribution in [2.45, 2.75) is 0 Å². The molecule has 0 fully saturated rings. The van der Waals surface area contributed by atoms with Crippen molar-refractivity contribution in [1.29, 1.82) is 0 Å². The third-order valence-corrected chi connectivity index (χ3v) is 2.08. The molecule has 0 radical (unpaired) electrons. The molecular formula is C9H9N5O2. The highest BCUT2D eigenvalue weighted by molar-refractivity contribution is 5.90. The average Bonchev–Trinajstić information content (AvgIpc) is 2.65. The van der Waals surface area contributed by atoms with Gasteiger partial charge in [0.05, 0.1) is 24.4 Å². The number of carbonyl (C=O) groups is 1. The van der Waals surface area contributed by atoms with E-state index in [9.17, 15) is 4.79 Å². The number of nitrogens with two attached hydrogens (primary N) is 1. The van der Waals surface area contributed by atoms with E-state index < -0.39 is 5.97 Å². The molecule has 7 nitrogen and oxygen atoms in total. The third kappa shape index (κ3) is 1.58. The summed E-state index contributed by atoms with van der Waals surface area (Å²) in [4.78, 5) is 22.5. The molecule has 0 unspecified atom stereocenters. The van der Waals surface area contributed by atoms with E-state index in [-0.39, 0.29) is 11.5 Å². The highest BCUT2D eigenvalue weighted by atomic mass is 16.4. The standard InChI is InChI=1S/C9H9N5O2/c1-14-4-11-3-6(14)5-2-12-8(10)7(13-5)9(15)16/h2-4H,1H3,(H2,10,12)(H,15,16). The average molecular weight is 219 g/mol. The molecule has 3 N–H and O–H groups in total. The maximum atomic E-state index is 10.8. The molecule has 0 aliphatic carbocycles. The fourth-order valence-electron chi connectivity index (χ4n) is 1.28. The Balaban J connectivity index is 2.56. The van der Waals surface area contributed by atoms with Gasteiger partial charge >= 0.3 is 5.97 Å². The molecule has 0 atom stereocenters. The van der Waals surface area contributed by atoms with E-state index in [0.717, 1.165) is 0 Å². The number of rotatable bonds is 2. The fourth-order valence-corrected chi connectivity index (χ4v) is 1.28. The smallest absolute Gasteiger partial charge is 0.358 e. The summed E-state index contributed by atoms with van der Waals surface area (Å²) in [5.41, 5.74) is 6.25. The maximum Gasteiger partial charge on any atom is 0.358 e. The van der Waals surface area contributed by atoms with E-state index in [1.165, 1.54) is 6.20 Å². The summed E-state index contributed by atoms with van der Waals surface area (Å²) in [6.07, 6.45) is 4.58. The molecule has 2 aromatic heterocycles. The first-order valence-corrected chi connectivity index (χ1v) is 4.42. The van der Waals surface area contributed by atoms with Crippen molar-refractivity contribution in [2.75, 3.05) is 5.73 Å². The quantitative estimate of drug-likeness (QED) is 0.744. The number of imidazole rings is 1. The fraction of sp³-hybridized carbons (Fsp3) is 0.111. The van der Waals surface area contributed by atoms with Crippen LogP contribution in [0.4, 0.5) is 5.82 Å². The van der Waals surface area contributed by atoms with Crippen LogP contribution in [0.1, 0.15) is 10.5 Å². The molecule has 0 saturated heterocycles. The lowest BCUT2D eigenvalue weighted by Crippen LogP contribution is -2.08. The molecule has 16 heavy (non-hydrogen) atoms. The zero-order chi connectivity index (χ0) is 11.7. The Morgan fingerprint density at radius 2 is 2.25 bits per heavy atom. The van der Waals surface area contributed by atoms with Crippen LogP contribution in [0.5, 0.6) is 0 Å². The Morgan fingerprint density at radius 1 is 1.50 bits per heavy atom. The van der Waals surface area contributed by atoms with E-state index in [4.69, 9.17) is 10.8 Å². The van der Waals surface area contributed by atoms with Gasteiger partial charge in [0.1, 0.15) is 5.69 Å². The zero-order valence-corrected chi connectivity index (χ0v) is 8.45. The molecule has 7 heteroatoms. The van der Waals surface area contributed by atoms with Crippen LogP contribution in [0, 0.1) is 0 Å². The van der Waals surface area contributed by atoms with E-state index in [2.05, 4.69) is 15.0 Å². The highest BCUT2D eigenvalue weighted by Gasteiger charge is 2.14. The van der Waals surface area contributed by atoms with E-state index >= 15 is 0 Å². The first-order chi connectivity index (χ1) is 7.59. The predicted octanol–water partition coefficient (Wildman–Crippen LogP) is 0.157. The molecule has 2 rings (SSSR count). The van der Waals surface area contributed by atoms with Gasteiger partial charge in [-0.3, -0.25) is 0 Å². The number of hydrogen-bond acceptors (Lipinski definition) is 5. The van der Waals surface area contributed by atoms with Crippen molar-refractivity contribution in [3.8, 4) is 11.4 Å². The van der Waals surface area contributed by atoms with Gasteiger partial charge in [-0.25, -0.2) is 19.7 Å². The summed E-state index contributed by atoms with van der Waals surface area (Å²) in [6, 6.07) is 0. The van der Waals surface area contributed by atoms with E-state index in [1.54, 1.807) is 24.1 Å². The van der Waals surface area contributed by atoms with Crippen LogP contribution in [0.25, 0.3) is 11.4 Å². The van der Waals surface area contributed by atoms with Crippen molar-refractivity contribution in [1.82, 2.24) is 19.5 Å². The Bertz CT molecular complexity index is 549. The van der Waals surface area contributed by atoms with Gasteiger partial charge in [0, 0.05) is 7.05 Å². The van der Waals surface area contributed by atoms with Crippen LogP contribution in [0.3, 0.4) is 0 Å². The van der Waals surface area contributed by atoms with Crippen molar-refractivity contribution in [3.63, 3.8) is 0 Å². The predicted molar refractivity (Wildman–Crippen MR) is 55.6 cm³/mol. The van der Waals surface area contributed by atoms with Crippen molar-refractivity contribution in [3.05, 3.63) is 24.4 Å². The van der Waals surface area contributed by atoms with E-state index in [0.29, 0.717) is 11.4 Å². The van der Waals surface area contributed by atoms with Crippen LogP contribution in [-0.2, 0) is 7.05 Å². The molecule has 2 heterocycles. The van der Waals surface area contributed by atoms with Crippen molar-refractivity contribution >= 4 is 11.8 Å². The lowest BCUT2D eigenvalue weighted by molar-refractivity contribution is 0.0691. The summed E-state index contributed by atoms with van der Waals surface area (Å²) < 4.78 is 1.71. The normalized spacial score (nSPS) is 10.3. The van der Waals surface area contributed by atoms with Gasteiger partial charge < -0.3 is 15.4 Å². The van der Waals surface area contributed by atoms with Gasteiger partial charge in [0.2, 0.25) is 0 Å². The molecular weight excluding hydrogens is 210 g/mol. The van der Waals surface area contributed by atoms with Gasteiger partial charge in [0.25, 0.3) is 0 Å². The number of hydrogen-bond donors (Lipinski definition) is 2. The molecule has 2 aromatic rings. The minimum atomic E-state index is -1.20. The van der Waals surface area contributed by atoms with E-state index in [1.807, 2.05) is 0 Å². The van der Waals surface area contributed by atoms with Crippen molar-refractivity contribution < 1.29 is 9.90 Å². The van der Waals surface area contributed by atoms with Gasteiger partial charge in [-0.2, -0.15) is 0 Å². The third-order valence-electron chi connectivity index (χ3n) is 2.08.